The molecule has 0 spiro atoms. The van der Waals surface area contributed by atoms with Gasteiger partial charge in [0.15, 0.2) is 0 Å². The Morgan fingerprint density at radius 2 is 1.89 bits per heavy atom. The molecule has 0 amide bonds. The van der Waals surface area contributed by atoms with E-state index in [9.17, 15) is 0 Å². The quantitative estimate of drug-likeness (QED) is 0.742. The van der Waals surface area contributed by atoms with E-state index < -0.39 is 0 Å². The summed E-state index contributed by atoms with van der Waals surface area (Å²) in [6.07, 6.45) is 1.04. The number of nitrogens with zero attached hydrogens (tertiary/aromatic N) is 1. The van der Waals surface area contributed by atoms with E-state index in [-0.39, 0.29) is 0 Å². The Morgan fingerprint density at radius 3 is 2.58 bits per heavy atom. The number of H-pyrrole nitrogens is 1. The monoisotopic (exact) mass is 251 g/mol. The van der Waals surface area contributed by atoms with Gasteiger partial charge in [-0.25, -0.2) is 4.98 Å². The van der Waals surface area contributed by atoms with Gasteiger partial charge in [-0.3, -0.25) is 0 Å². The van der Waals surface area contributed by atoms with Crippen LogP contribution in [-0.4, -0.2) is 17.0 Å². The van der Waals surface area contributed by atoms with Gasteiger partial charge >= 0.3 is 0 Å². The molecule has 0 unspecified atom stereocenters. The normalized spacial score (nSPS) is 10.8. The number of hydrogen-bond donors (Lipinski definition) is 2. The summed E-state index contributed by atoms with van der Waals surface area (Å²) in [5.74, 6) is 0.922. The highest BCUT2D eigenvalue weighted by Gasteiger charge is 2.05. The molecule has 0 saturated carbocycles. The number of imidazole rings is 1. The maximum atomic E-state index is 4.64. The van der Waals surface area contributed by atoms with E-state index in [1.807, 2.05) is 7.05 Å². The Kier molecular flexibility index (Phi) is 2.95. The molecule has 1 heterocycles. The summed E-state index contributed by atoms with van der Waals surface area (Å²) in [6.45, 7) is 2.16. The van der Waals surface area contributed by atoms with E-state index in [1.165, 1.54) is 5.56 Å². The van der Waals surface area contributed by atoms with Crippen molar-refractivity contribution < 1.29 is 0 Å². The molecule has 0 aliphatic rings. The van der Waals surface area contributed by atoms with Crippen molar-refractivity contribution in [1.82, 2.24) is 9.97 Å². The number of rotatable bonds is 3. The number of fused-ring (bicyclic) bond motifs is 1. The number of aryl methyl sites for hydroxylation is 1. The van der Waals surface area contributed by atoms with Gasteiger partial charge in [-0.15, -0.1) is 0 Å². The first kappa shape index (κ1) is 11.8. The lowest BCUT2D eigenvalue weighted by Gasteiger charge is -2.00. The van der Waals surface area contributed by atoms with E-state index in [0.29, 0.717) is 0 Å². The van der Waals surface area contributed by atoms with Crippen LogP contribution in [-0.2, 0) is 6.42 Å². The maximum Gasteiger partial charge on any atom is 0.138 e. The van der Waals surface area contributed by atoms with Gasteiger partial charge in [0, 0.05) is 18.3 Å². The molecule has 96 valence electrons. The van der Waals surface area contributed by atoms with E-state index in [4.69, 9.17) is 0 Å². The third kappa shape index (κ3) is 2.19. The Morgan fingerprint density at radius 1 is 1.11 bits per heavy atom. The van der Waals surface area contributed by atoms with Crippen LogP contribution in [0.3, 0.4) is 0 Å². The van der Waals surface area contributed by atoms with Crippen LogP contribution in [0.1, 0.15) is 12.5 Å². The van der Waals surface area contributed by atoms with Crippen molar-refractivity contribution in [3.8, 4) is 11.4 Å². The molecule has 0 fully saturated rings. The minimum Gasteiger partial charge on any atom is -0.388 e. The van der Waals surface area contributed by atoms with Crippen molar-refractivity contribution in [2.75, 3.05) is 12.4 Å². The van der Waals surface area contributed by atoms with Crippen molar-refractivity contribution in [3.05, 3.63) is 48.0 Å². The molecule has 1 aromatic heterocycles. The van der Waals surface area contributed by atoms with E-state index in [0.717, 1.165) is 34.5 Å². The number of hydrogen-bond acceptors (Lipinski definition) is 2. The Balaban J connectivity index is 2.04. The van der Waals surface area contributed by atoms with Crippen LogP contribution in [0.2, 0.25) is 0 Å². The summed E-state index contributed by atoms with van der Waals surface area (Å²) in [5.41, 5.74) is 5.66. The second-order valence-electron chi connectivity index (χ2n) is 4.62. The molecule has 0 atom stereocenters. The van der Waals surface area contributed by atoms with Gasteiger partial charge in [0.1, 0.15) is 5.82 Å². The molecule has 3 rings (SSSR count). The Bertz CT molecular complexity index is 696. The fourth-order valence-corrected chi connectivity index (χ4v) is 2.21. The van der Waals surface area contributed by atoms with Crippen LogP contribution in [0.25, 0.3) is 22.4 Å². The van der Waals surface area contributed by atoms with Gasteiger partial charge in [-0.05, 0) is 48.4 Å². The lowest BCUT2D eigenvalue weighted by atomic mass is 10.1. The summed E-state index contributed by atoms with van der Waals surface area (Å²) in [5, 5.41) is 3.12. The van der Waals surface area contributed by atoms with Gasteiger partial charge in [0.25, 0.3) is 0 Å². The lowest BCUT2D eigenvalue weighted by molar-refractivity contribution is 1.14. The highest BCUT2D eigenvalue weighted by atomic mass is 14.9. The Labute approximate surface area is 112 Å². The number of anilines is 1. The van der Waals surface area contributed by atoms with E-state index in [1.54, 1.807) is 0 Å². The van der Waals surface area contributed by atoms with Crippen LogP contribution >= 0.6 is 0 Å². The second-order valence-corrected chi connectivity index (χ2v) is 4.62. The lowest BCUT2D eigenvalue weighted by Crippen LogP contribution is -1.87. The smallest absolute Gasteiger partial charge is 0.138 e. The van der Waals surface area contributed by atoms with Crippen LogP contribution < -0.4 is 5.32 Å². The zero-order valence-electron chi connectivity index (χ0n) is 11.2. The molecule has 2 N–H and O–H groups in total. The predicted molar refractivity (Wildman–Crippen MR) is 80.5 cm³/mol. The third-order valence-electron chi connectivity index (χ3n) is 3.40. The van der Waals surface area contributed by atoms with Crippen molar-refractivity contribution in [1.29, 1.82) is 0 Å². The molecule has 0 aliphatic carbocycles. The maximum absolute atomic E-state index is 4.64. The average Bonchev–Trinajstić information content (AvgIpc) is 2.90. The average molecular weight is 251 g/mol. The number of benzene rings is 2. The van der Waals surface area contributed by atoms with Gasteiger partial charge < -0.3 is 10.3 Å². The Hall–Kier alpha value is -2.29. The summed E-state index contributed by atoms with van der Waals surface area (Å²) in [7, 11) is 1.92. The molecule has 0 radical (unpaired) electrons. The molecule has 19 heavy (non-hydrogen) atoms. The van der Waals surface area contributed by atoms with Gasteiger partial charge in [0.2, 0.25) is 0 Å². The zero-order chi connectivity index (χ0) is 13.2. The van der Waals surface area contributed by atoms with E-state index in [2.05, 4.69) is 64.7 Å². The standard InChI is InChI=1S/C16H17N3/c1-3-11-4-9-14-15(10-11)19-16(18-14)12-5-7-13(17-2)8-6-12/h4-10,17H,3H2,1-2H3,(H,18,19). The zero-order valence-corrected chi connectivity index (χ0v) is 11.2. The molecule has 0 saturated heterocycles. The van der Waals surface area contributed by atoms with Gasteiger partial charge in [-0.1, -0.05) is 13.0 Å². The van der Waals surface area contributed by atoms with Crippen molar-refractivity contribution in [2.24, 2.45) is 0 Å². The molecule has 3 nitrogen and oxygen atoms in total. The SMILES string of the molecule is CCc1ccc2nc(-c3ccc(NC)cc3)[nH]c2c1. The topological polar surface area (TPSA) is 40.7 Å². The molecular weight excluding hydrogens is 234 g/mol. The molecule has 2 aromatic carbocycles. The minimum absolute atomic E-state index is 0.922. The van der Waals surface area contributed by atoms with Crippen LogP contribution in [0.15, 0.2) is 42.5 Å². The number of aromatic amines is 1. The molecular formula is C16H17N3. The second kappa shape index (κ2) is 4.76. The molecule has 3 heteroatoms. The first-order chi connectivity index (χ1) is 9.30. The van der Waals surface area contributed by atoms with E-state index >= 15 is 0 Å². The van der Waals surface area contributed by atoms with Crippen LogP contribution in [0.4, 0.5) is 5.69 Å². The highest BCUT2D eigenvalue weighted by Crippen LogP contribution is 2.22. The van der Waals surface area contributed by atoms with Crippen molar-refractivity contribution in [3.63, 3.8) is 0 Å². The van der Waals surface area contributed by atoms with Crippen molar-refractivity contribution >= 4 is 16.7 Å². The summed E-state index contributed by atoms with van der Waals surface area (Å²) in [4.78, 5) is 8.03. The summed E-state index contributed by atoms with van der Waals surface area (Å²) >= 11 is 0. The van der Waals surface area contributed by atoms with Crippen molar-refractivity contribution in [2.45, 2.75) is 13.3 Å². The first-order valence-electron chi connectivity index (χ1n) is 6.57. The van der Waals surface area contributed by atoms with Crippen LogP contribution in [0.5, 0.6) is 0 Å². The largest absolute Gasteiger partial charge is 0.388 e. The molecule has 0 aliphatic heterocycles. The van der Waals surface area contributed by atoms with Gasteiger partial charge in [0.05, 0.1) is 11.0 Å². The minimum atomic E-state index is 0.922. The van der Waals surface area contributed by atoms with Crippen LogP contribution in [0, 0.1) is 0 Å². The fourth-order valence-electron chi connectivity index (χ4n) is 2.21. The molecule has 0 bridgehead atoms. The fraction of sp³-hybridized carbons (Fsp3) is 0.188. The predicted octanol–water partition coefficient (Wildman–Crippen LogP) is 3.83. The third-order valence-corrected chi connectivity index (χ3v) is 3.40. The number of aromatic nitrogens is 2. The number of nitrogens with one attached hydrogen (secondary N) is 2. The molecule has 3 aromatic rings. The summed E-state index contributed by atoms with van der Waals surface area (Å²) < 4.78 is 0. The first-order valence-corrected chi connectivity index (χ1v) is 6.57. The van der Waals surface area contributed by atoms with Gasteiger partial charge in [-0.2, -0.15) is 0 Å². The highest BCUT2D eigenvalue weighted by molar-refractivity contribution is 5.80. The summed E-state index contributed by atoms with van der Waals surface area (Å²) in [6, 6.07) is 14.6.